The lowest BCUT2D eigenvalue weighted by atomic mass is 9.75. The van der Waals surface area contributed by atoms with Crippen LogP contribution < -0.4 is 0 Å². The third kappa shape index (κ3) is 2.04. The van der Waals surface area contributed by atoms with Gasteiger partial charge in [0.05, 0.1) is 6.10 Å². The third-order valence-corrected chi connectivity index (χ3v) is 4.54. The molecular weight excluding hydrogens is 228 g/mol. The van der Waals surface area contributed by atoms with E-state index >= 15 is 0 Å². The Hall–Kier alpha value is -0.670. The number of ether oxygens (including phenoxy) is 2. The van der Waals surface area contributed by atoms with Gasteiger partial charge in [-0.05, 0) is 52.0 Å². The highest BCUT2D eigenvalue weighted by molar-refractivity contribution is 5.81. The van der Waals surface area contributed by atoms with E-state index < -0.39 is 5.79 Å². The number of carbonyl (C=O) groups excluding carboxylic acids is 1. The van der Waals surface area contributed by atoms with Gasteiger partial charge in [0.15, 0.2) is 5.79 Å². The van der Waals surface area contributed by atoms with Crippen LogP contribution in [-0.4, -0.2) is 23.8 Å². The third-order valence-electron chi connectivity index (χ3n) is 4.54. The zero-order valence-corrected chi connectivity index (χ0v) is 11.5. The van der Waals surface area contributed by atoms with Gasteiger partial charge >= 0.3 is 0 Å². The number of hydrogen-bond donors (Lipinski definition) is 0. The van der Waals surface area contributed by atoms with Crippen molar-refractivity contribution in [3.05, 3.63) is 11.1 Å². The van der Waals surface area contributed by atoms with Crippen LogP contribution in [-0.2, 0) is 14.3 Å². The molecule has 0 amide bonds. The molecule has 3 rings (SSSR count). The summed E-state index contributed by atoms with van der Waals surface area (Å²) >= 11 is 0. The van der Waals surface area contributed by atoms with Crippen LogP contribution in [0, 0.1) is 5.92 Å². The Kier molecular flexibility index (Phi) is 2.87. The van der Waals surface area contributed by atoms with Gasteiger partial charge in [0.2, 0.25) is 0 Å². The molecule has 3 heteroatoms. The van der Waals surface area contributed by atoms with Crippen molar-refractivity contribution in [2.45, 2.75) is 70.9 Å². The first kappa shape index (κ1) is 12.4. The monoisotopic (exact) mass is 250 g/mol. The van der Waals surface area contributed by atoms with Gasteiger partial charge in [0.25, 0.3) is 0 Å². The van der Waals surface area contributed by atoms with Crippen molar-refractivity contribution in [1.82, 2.24) is 0 Å². The average Bonchev–Trinajstić information content (AvgIpc) is 2.60. The molecule has 0 N–H and O–H groups in total. The molecule has 2 aliphatic carbocycles. The van der Waals surface area contributed by atoms with Gasteiger partial charge in [-0.1, -0.05) is 5.57 Å². The van der Waals surface area contributed by atoms with Crippen molar-refractivity contribution in [2.75, 3.05) is 0 Å². The first-order valence-electron chi connectivity index (χ1n) is 7.03. The highest BCUT2D eigenvalue weighted by Crippen LogP contribution is 2.43. The predicted molar refractivity (Wildman–Crippen MR) is 68.1 cm³/mol. The second-order valence-corrected chi connectivity index (χ2v) is 6.34. The van der Waals surface area contributed by atoms with Crippen LogP contribution in [0.5, 0.6) is 0 Å². The lowest BCUT2D eigenvalue weighted by Crippen LogP contribution is -2.34. The smallest absolute Gasteiger partial charge is 0.164 e. The minimum Gasteiger partial charge on any atom is -0.344 e. The summed E-state index contributed by atoms with van der Waals surface area (Å²) in [5.41, 5.74) is 2.76. The first-order chi connectivity index (χ1) is 8.46. The molecule has 0 aromatic rings. The lowest BCUT2D eigenvalue weighted by Gasteiger charge is -2.32. The summed E-state index contributed by atoms with van der Waals surface area (Å²) in [4.78, 5) is 12.1. The van der Waals surface area contributed by atoms with E-state index in [0.717, 1.165) is 25.7 Å². The zero-order chi connectivity index (χ0) is 12.9. The van der Waals surface area contributed by atoms with Gasteiger partial charge in [-0.2, -0.15) is 0 Å². The largest absolute Gasteiger partial charge is 0.344 e. The molecule has 0 aromatic carbocycles. The van der Waals surface area contributed by atoms with Crippen LogP contribution in [0.1, 0.15) is 52.9 Å². The zero-order valence-electron chi connectivity index (χ0n) is 11.5. The lowest BCUT2D eigenvalue weighted by molar-refractivity contribution is -0.144. The Morgan fingerprint density at radius 1 is 1.17 bits per heavy atom. The fraction of sp³-hybridized carbons (Fsp3) is 0.800. The Morgan fingerprint density at radius 2 is 1.94 bits per heavy atom. The van der Waals surface area contributed by atoms with Crippen LogP contribution >= 0.6 is 0 Å². The fourth-order valence-corrected chi connectivity index (χ4v) is 3.56. The molecule has 0 radical (unpaired) electrons. The van der Waals surface area contributed by atoms with Crippen LogP contribution in [0.3, 0.4) is 0 Å². The van der Waals surface area contributed by atoms with E-state index in [0.29, 0.717) is 12.2 Å². The van der Waals surface area contributed by atoms with E-state index in [1.165, 1.54) is 11.1 Å². The molecule has 18 heavy (non-hydrogen) atoms. The summed E-state index contributed by atoms with van der Waals surface area (Å²) < 4.78 is 12.1. The maximum atomic E-state index is 12.1. The van der Waals surface area contributed by atoms with Crippen LogP contribution in [0.25, 0.3) is 0 Å². The molecule has 1 aliphatic heterocycles. The van der Waals surface area contributed by atoms with Gasteiger partial charge in [-0.3, -0.25) is 4.79 Å². The maximum Gasteiger partial charge on any atom is 0.164 e. The minimum atomic E-state index is -0.511. The van der Waals surface area contributed by atoms with Crippen molar-refractivity contribution in [3.8, 4) is 0 Å². The van der Waals surface area contributed by atoms with Crippen LogP contribution in [0.4, 0.5) is 0 Å². The number of fused-ring (bicyclic) bond motifs is 4. The van der Waals surface area contributed by atoms with E-state index in [1.807, 2.05) is 13.8 Å². The molecule has 3 nitrogen and oxygen atoms in total. The van der Waals surface area contributed by atoms with E-state index in [1.54, 1.807) is 0 Å². The van der Waals surface area contributed by atoms with Crippen molar-refractivity contribution in [3.63, 3.8) is 0 Å². The Balaban J connectivity index is 1.95. The van der Waals surface area contributed by atoms with E-state index in [4.69, 9.17) is 9.47 Å². The average molecular weight is 250 g/mol. The van der Waals surface area contributed by atoms with Crippen LogP contribution in [0.15, 0.2) is 11.1 Å². The van der Waals surface area contributed by atoms with Gasteiger partial charge < -0.3 is 9.47 Å². The topological polar surface area (TPSA) is 35.5 Å². The molecule has 1 heterocycles. The quantitative estimate of drug-likeness (QED) is 0.620. The molecule has 1 unspecified atom stereocenters. The Bertz CT molecular complexity index is 408. The molecule has 1 saturated carbocycles. The van der Waals surface area contributed by atoms with E-state index in [2.05, 4.69) is 6.92 Å². The second kappa shape index (κ2) is 4.17. The molecule has 1 saturated heterocycles. The Morgan fingerprint density at radius 3 is 2.72 bits per heavy atom. The number of hydrogen-bond acceptors (Lipinski definition) is 3. The van der Waals surface area contributed by atoms with E-state index in [9.17, 15) is 4.79 Å². The van der Waals surface area contributed by atoms with Crippen molar-refractivity contribution >= 4 is 5.78 Å². The predicted octanol–water partition coefficient (Wildman–Crippen LogP) is 2.99. The summed E-state index contributed by atoms with van der Waals surface area (Å²) in [6.07, 6.45) is 4.56. The summed E-state index contributed by atoms with van der Waals surface area (Å²) in [5.74, 6) is 0.145. The normalized spacial score (nSPS) is 39.3. The second-order valence-electron chi connectivity index (χ2n) is 6.34. The molecule has 2 bridgehead atoms. The van der Waals surface area contributed by atoms with Crippen LogP contribution in [0.2, 0.25) is 0 Å². The number of allylic oxidation sites excluding steroid dienone is 1. The van der Waals surface area contributed by atoms with Crippen molar-refractivity contribution < 1.29 is 14.3 Å². The molecular formula is C15H22O3. The first-order valence-corrected chi connectivity index (χ1v) is 7.03. The summed E-state index contributed by atoms with van der Waals surface area (Å²) in [6.45, 7) is 6.12. The molecule has 3 aliphatic rings. The molecule has 3 atom stereocenters. The maximum absolute atomic E-state index is 12.1. The summed E-state index contributed by atoms with van der Waals surface area (Å²) in [7, 11) is 0. The fourth-order valence-electron chi connectivity index (χ4n) is 3.56. The van der Waals surface area contributed by atoms with Crippen molar-refractivity contribution in [1.29, 1.82) is 0 Å². The van der Waals surface area contributed by atoms with Gasteiger partial charge in [0.1, 0.15) is 11.9 Å². The molecule has 100 valence electrons. The van der Waals surface area contributed by atoms with Gasteiger partial charge in [-0.25, -0.2) is 0 Å². The highest BCUT2D eigenvalue weighted by atomic mass is 16.7. The molecule has 2 fully saturated rings. The highest BCUT2D eigenvalue weighted by Gasteiger charge is 2.46. The summed E-state index contributed by atoms with van der Waals surface area (Å²) in [6, 6.07) is 0. The van der Waals surface area contributed by atoms with Crippen molar-refractivity contribution in [2.24, 2.45) is 5.92 Å². The Labute approximate surface area is 109 Å². The minimum absolute atomic E-state index is 0.0629. The van der Waals surface area contributed by atoms with E-state index in [-0.39, 0.29) is 18.1 Å². The number of rotatable bonds is 0. The SMILES string of the molecule is CC1=C2CC(CC1)C(=O)CC[C@@H]1OC(C)(C)O[C@H]21. The van der Waals surface area contributed by atoms with Gasteiger partial charge in [-0.15, -0.1) is 0 Å². The number of Topliss-reactive ketones (excluding diaryl/α,β-unsaturated/α-hetero) is 1. The summed E-state index contributed by atoms with van der Waals surface area (Å²) in [5, 5.41) is 0. The molecule has 0 aromatic heterocycles. The molecule has 0 spiro atoms. The number of ketones is 1. The van der Waals surface area contributed by atoms with Gasteiger partial charge in [0, 0.05) is 12.3 Å². The number of carbonyl (C=O) groups is 1. The standard InChI is InChI=1S/C15H22O3/c1-9-4-5-10-8-11(9)14-13(7-6-12(10)16)17-15(2,3)18-14/h10,13-14H,4-8H2,1-3H3/t10?,13-,14+/m0/s1.